The highest BCUT2D eigenvalue weighted by molar-refractivity contribution is 6.29. The van der Waals surface area contributed by atoms with E-state index in [1.807, 2.05) is 30.3 Å². The molecule has 0 atom stereocenters. The third-order valence-corrected chi connectivity index (χ3v) is 2.10. The molecule has 0 saturated heterocycles. The van der Waals surface area contributed by atoms with E-state index in [2.05, 4.69) is 15.3 Å². The van der Waals surface area contributed by atoms with Crippen LogP contribution in [0.15, 0.2) is 42.6 Å². The molecule has 2 rings (SSSR count). The first-order valence-electron chi connectivity index (χ1n) is 4.61. The zero-order chi connectivity index (χ0) is 10.5. The minimum Gasteiger partial charge on any atom is -0.364 e. The summed E-state index contributed by atoms with van der Waals surface area (Å²) in [5, 5.41) is 3.63. The Hall–Kier alpha value is -1.61. The van der Waals surface area contributed by atoms with Gasteiger partial charge in [-0.2, -0.15) is 0 Å². The third-order valence-electron chi connectivity index (χ3n) is 1.89. The molecule has 2 aromatic rings. The second-order valence-corrected chi connectivity index (χ2v) is 3.41. The van der Waals surface area contributed by atoms with Crippen LogP contribution in [0.1, 0.15) is 5.69 Å². The number of rotatable bonds is 3. The highest BCUT2D eigenvalue weighted by Crippen LogP contribution is 2.09. The molecule has 0 aromatic carbocycles. The molecule has 2 heterocycles. The van der Waals surface area contributed by atoms with Crippen LogP contribution in [0, 0.1) is 0 Å². The topological polar surface area (TPSA) is 37.8 Å². The van der Waals surface area contributed by atoms with Gasteiger partial charge in [-0.15, -0.1) is 0 Å². The van der Waals surface area contributed by atoms with Gasteiger partial charge in [0.1, 0.15) is 11.0 Å². The standard InChI is InChI=1S/C11H10ClN3/c12-10-5-3-6-11(15-10)14-8-9-4-1-2-7-13-9/h1-7H,8H2,(H,14,15). The number of nitrogens with zero attached hydrogens (tertiary/aromatic N) is 2. The number of hydrogen-bond donors (Lipinski definition) is 1. The van der Waals surface area contributed by atoms with Gasteiger partial charge >= 0.3 is 0 Å². The fourth-order valence-corrected chi connectivity index (χ4v) is 1.35. The first-order chi connectivity index (χ1) is 7.34. The summed E-state index contributed by atoms with van der Waals surface area (Å²) in [5.41, 5.74) is 0.972. The number of pyridine rings is 2. The summed E-state index contributed by atoms with van der Waals surface area (Å²) in [6.45, 7) is 0.647. The minimum atomic E-state index is 0.487. The Morgan fingerprint density at radius 3 is 2.80 bits per heavy atom. The van der Waals surface area contributed by atoms with E-state index in [1.54, 1.807) is 12.3 Å². The average Bonchev–Trinajstić information content (AvgIpc) is 2.28. The van der Waals surface area contributed by atoms with Gasteiger partial charge in [-0.05, 0) is 24.3 Å². The minimum absolute atomic E-state index is 0.487. The van der Waals surface area contributed by atoms with E-state index in [4.69, 9.17) is 11.6 Å². The predicted molar refractivity (Wildman–Crippen MR) is 60.8 cm³/mol. The normalized spacial score (nSPS) is 9.93. The molecule has 76 valence electrons. The monoisotopic (exact) mass is 219 g/mol. The lowest BCUT2D eigenvalue weighted by Crippen LogP contribution is -2.02. The molecular weight excluding hydrogens is 210 g/mol. The van der Waals surface area contributed by atoms with Gasteiger partial charge in [-0.25, -0.2) is 4.98 Å². The van der Waals surface area contributed by atoms with Crippen molar-refractivity contribution in [1.29, 1.82) is 0 Å². The fourth-order valence-electron chi connectivity index (χ4n) is 1.19. The molecule has 1 N–H and O–H groups in total. The van der Waals surface area contributed by atoms with Gasteiger partial charge < -0.3 is 5.32 Å². The molecule has 3 nitrogen and oxygen atoms in total. The van der Waals surface area contributed by atoms with Crippen LogP contribution in [-0.4, -0.2) is 9.97 Å². The average molecular weight is 220 g/mol. The smallest absolute Gasteiger partial charge is 0.131 e. The van der Waals surface area contributed by atoms with Crippen molar-refractivity contribution in [3.8, 4) is 0 Å². The Balaban J connectivity index is 1.99. The second-order valence-electron chi connectivity index (χ2n) is 3.02. The van der Waals surface area contributed by atoms with E-state index in [0.717, 1.165) is 11.5 Å². The summed E-state index contributed by atoms with van der Waals surface area (Å²) in [4.78, 5) is 8.31. The Labute approximate surface area is 93.1 Å². The zero-order valence-corrected chi connectivity index (χ0v) is 8.78. The molecule has 0 unspecified atom stereocenters. The summed E-state index contributed by atoms with van der Waals surface area (Å²) in [5.74, 6) is 0.758. The number of nitrogens with one attached hydrogen (secondary N) is 1. The molecule has 2 aromatic heterocycles. The molecule has 0 bridgehead atoms. The number of halogens is 1. The van der Waals surface area contributed by atoms with Crippen LogP contribution in [-0.2, 0) is 6.54 Å². The molecule has 0 aliphatic heterocycles. The van der Waals surface area contributed by atoms with Gasteiger partial charge in [0, 0.05) is 6.20 Å². The van der Waals surface area contributed by atoms with Gasteiger partial charge in [0.2, 0.25) is 0 Å². The largest absolute Gasteiger partial charge is 0.364 e. The zero-order valence-electron chi connectivity index (χ0n) is 8.02. The van der Waals surface area contributed by atoms with Crippen molar-refractivity contribution < 1.29 is 0 Å². The lowest BCUT2D eigenvalue weighted by atomic mass is 10.3. The van der Waals surface area contributed by atoms with E-state index in [1.165, 1.54) is 0 Å². The fraction of sp³-hybridized carbons (Fsp3) is 0.0909. The highest BCUT2D eigenvalue weighted by Gasteiger charge is 1.95. The van der Waals surface area contributed by atoms with Crippen molar-refractivity contribution in [2.75, 3.05) is 5.32 Å². The maximum absolute atomic E-state index is 5.76. The van der Waals surface area contributed by atoms with E-state index in [0.29, 0.717) is 11.7 Å². The molecule has 0 fully saturated rings. The van der Waals surface area contributed by atoms with Gasteiger partial charge in [0.05, 0.1) is 12.2 Å². The maximum atomic E-state index is 5.76. The molecule has 15 heavy (non-hydrogen) atoms. The van der Waals surface area contributed by atoms with Crippen LogP contribution in [0.3, 0.4) is 0 Å². The summed E-state index contributed by atoms with van der Waals surface area (Å²) in [7, 11) is 0. The predicted octanol–water partition coefficient (Wildman–Crippen LogP) is 2.74. The molecule has 0 amide bonds. The molecule has 0 radical (unpaired) electrons. The lowest BCUT2D eigenvalue weighted by Gasteiger charge is -2.04. The van der Waals surface area contributed by atoms with E-state index >= 15 is 0 Å². The number of anilines is 1. The first-order valence-corrected chi connectivity index (χ1v) is 4.99. The van der Waals surface area contributed by atoms with Crippen LogP contribution in [0.2, 0.25) is 5.15 Å². The van der Waals surface area contributed by atoms with Crippen molar-refractivity contribution in [2.45, 2.75) is 6.54 Å². The summed E-state index contributed by atoms with van der Waals surface area (Å²) in [6, 6.07) is 11.3. The molecule has 0 spiro atoms. The highest BCUT2D eigenvalue weighted by atomic mass is 35.5. The summed E-state index contributed by atoms with van der Waals surface area (Å²) < 4.78 is 0. The Bertz CT molecular complexity index is 431. The van der Waals surface area contributed by atoms with Crippen molar-refractivity contribution in [3.05, 3.63) is 53.4 Å². The van der Waals surface area contributed by atoms with Gasteiger partial charge in [-0.3, -0.25) is 4.98 Å². The number of hydrogen-bond acceptors (Lipinski definition) is 3. The van der Waals surface area contributed by atoms with E-state index in [9.17, 15) is 0 Å². The van der Waals surface area contributed by atoms with Crippen molar-refractivity contribution >= 4 is 17.4 Å². The van der Waals surface area contributed by atoms with Crippen LogP contribution >= 0.6 is 11.6 Å². The molecule has 4 heteroatoms. The summed E-state index contributed by atoms with van der Waals surface area (Å²) >= 11 is 5.76. The summed E-state index contributed by atoms with van der Waals surface area (Å²) in [6.07, 6.45) is 1.77. The van der Waals surface area contributed by atoms with Gasteiger partial charge in [-0.1, -0.05) is 23.7 Å². The van der Waals surface area contributed by atoms with Gasteiger partial charge in [0.25, 0.3) is 0 Å². The van der Waals surface area contributed by atoms with Crippen molar-refractivity contribution in [1.82, 2.24) is 9.97 Å². The van der Waals surface area contributed by atoms with Crippen LogP contribution in [0.4, 0.5) is 5.82 Å². The van der Waals surface area contributed by atoms with Gasteiger partial charge in [0.15, 0.2) is 0 Å². The van der Waals surface area contributed by atoms with Crippen molar-refractivity contribution in [2.24, 2.45) is 0 Å². The lowest BCUT2D eigenvalue weighted by molar-refractivity contribution is 1.03. The second kappa shape index (κ2) is 4.75. The Kier molecular flexibility index (Phi) is 3.15. The maximum Gasteiger partial charge on any atom is 0.131 e. The number of aromatic nitrogens is 2. The molecule has 0 saturated carbocycles. The van der Waals surface area contributed by atoms with E-state index < -0.39 is 0 Å². The molecular formula is C11H10ClN3. The Morgan fingerprint density at radius 1 is 1.13 bits per heavy atom. The quantitative estimate of drug-likeness (QED) is 0.807. The van der Waals surface area contributed by atoms with E-state index in [-0.39, 0.29) is 0 Å². The molecule has 0 aliphatic carbocycles. The SMILES string of the molecule is Clc1cccc(NCc2ccccn2)n1. The first kappa shape index (κ1) is 9.93. The van der Waals surface area contributed by atoms with Crippen LogP contribution < -0.4 is 5.32 Å². The molecule has 0 aliphatic rings. The third kappa shape index (κ3) is 2.92. The Morgan fingerprint density at radius 2 is 2.07 bits per heavy atom. The van der Waals surface area contributed by atoms with Crippen LogP contribution in [0.5, 0.6) is 0 Å². The van der Waals surface area contributed by atoms with Crippen LogP contribution in [0.25, 0.3) is 0 Å². The van der Waals surface area contributed by atoms with Crippen molar-refractivity contribution in [3.63, 3.8) is 0 Å².